The minimum Gasteiger partial charge on any atom is -0.459 e. The van der Waals surface area contributed by atoms with Gasteiger partial charge in [-0.25, -0.2) is 9.90 Å². The quantitative estimate of drug-likeness (QED) is 0.463. The van der Waals surface area contributed by atoms with Crippen LogP contribution in [0.5, 0.6) is 0 Å². The molecule has 0 spiro atoms. The Bertz CT molecular complexity index is 190. The number of aliphatic hydroxyl groups excluding tert-OH is 1. The van der Waals surface area contributed by atoms with Gasteiger partial charge < -0.3 is 14.6 Å². The summed E-state index contributed by atoms with van der Waals surface area (Å²) >= 11 is 0. The van der Waals surface area contributed by atoms with Crippen LogP contribution in [0.25, 0.3) is 0 Å². The molecule has 0 aliphatic carbocycles. The SMILES string of the molecule is C=C(C)C(=O)OCC(C[O])OCCO. The Hall–Kier alpha value is -0.910. The van der Waals surface area contributed by atoms with Gasteiger partial charge in [-0.05, 0) is 6.92 Å². The summed E-state index contributed by atoms with van der Waals surface area (Å²) in [6, 6.07) is 0. The highest BCUT2D eigenvalue weighted by atomic mass is 16.6. The predicted octanol–water partition coefficient (Wildman–Crippen LogP) is -0.0863. The second-order valence-corrected chi connectivity index (χ2v) is 2.76. The maximum absolute atomic E-state index is 10.9. The summed E-state index contributed by atoms with van der Waals surface area (Å²) in [4.78, 5) is 10.9. The predicted molar refractivity (Wildman–Crippen MR) is 48.2 cm³/mol. The lowest BCUT2D eigenvalue weighted by atomic mass is 10.3. The van der Waals surface area contributed by atoms with E-state index in [1.807, 2.05) is 0 Å². The monoisotopic (exact) mass is 203 g/mol. The summed E-state index contributed by atoms with van der Waals surface area (Å²) < 4.78 is 9.61. The third-order valence-electron chi connectivity index (χ3n) is 1.38. The zero-order chi connectivity index (χ0) is 11.0. The topological polar surface area (TPSA) is 75.7 Å². The number of aliphatic hydroxyl groups is 1. The molecule has 0 saturated heterocycles. The van der Waals surface area contributed by atoms with Crippen molar-refractivity contribution in [2.45, 2.75) is 13.0 Å². The molecule has 1 N–H and O–H groups in total. The number of esters is 1. The summed E-state index contributed by atoms with van der Waals surface area (Å²) in [6.07, 6.45) is -0.703. The highest BCUT2D eigenvalue weighted by molar-refractivity contribution is 5.86. The zero-order valence-electron chi connectivity index (χ0n) is 8.19. The number of ether oxygens (including phenoxy) is 2. The van der Waals surface area contributed by atoms with Crippen molar-refractivity contribution in [3.05, 3.63) is 12.2 Å². The van der Waals surface area contributed by atoms with Crippen molar-refractivity contribution in [1.82, 2.24) is 0 Å². The van der Waals surface area contributed by atoms with Crippen molar-refractivity contribution in [2.24, 2.45) is 0 Å². The molecule has 0 aliphatic heterocycles. The Labute approximate surface area is 82.9 Å². The van der Waals surface area contributed by atoms with Crippen LogP contribution in [0.3, 0.4) is 0 Å². The maximum atomic E-state index is 10.9. The molecule has 14 heavy (non-hydrogen) atoms. The van der Waals surface area contributed by atoms with Gasteiger partial charge in [-0.2, -0.15) is 0 Å². The fourth-order valence-corrected chi connectivity index (χ4v) is 0.656. The second kappa shape index (κ2) is 7.49. The summed E-state index contributed by atoms with van der Waals surface area (Å²) in [7, 11) is 0. The molecule has 0 aromatic carbocycles. The molecule has 0 fully saturated rings. The molecule has 0 bridgehead atoms. The molecule has 0 aliphatic rings. The van der Waals surface area contributed by atoms with Gasteiger partial charge in [0.15, 0.2) is 0 Å². The van der Waals surface area contributed by atoms with Crippen LogP contribution in [-0.4, -0.2) is 43.6 Å². The molecule has 1 atom stereocenters. The second-order valence-electron chi connectivity index (χ2n) is 2.76. The van der Waals surface area contributed by atoms with E-state index >= 15 is 0 Å². The lowest BCUT2D eigenvalue weighted by Gasteiger charge is -2.13. The smallest absolute Gasteiger partial charge is 0.333 e. The normalized spacial score (nSPS) is 12.2. The van der Waals surface area contributed by atoms with Gasteiger partial charge in [0.05, 0.1) is 13.2 Å². The lowest BCUT2D eigenvalue weighted by Crippen LogP contribution is -2.26. The van der Waals surface area contributed by atoms with Crippen molar-refractivity contribution in [2.75, 3.05) is 26.4 Å². The Morgan fingerprint density at radius 3 is 2.64 bits per heavy atom. The van der Waals surface area contributed by atoms with Crippen LogP contribution < -0.4 is 0 Å². The highest BCUT2D eigenvalue weighted by Gasteiger charge is 2.12. The fraction of sp³-hybridized carbons (Fsp3) is 0.667. The van der Waals surface area contributed by atoms with Crippen molar-refractivity contribution in [1.29, 1.82) is 0 Å². The third kappa shape index (κ3) is 5.69. The Morgan fingerprint density at radius 1 is 1.57 bits per heavy atom. The number of carbonyl (C=O) groups excluding carboxylic acids is 1. The molecule has 0 saturated carbocycles. The molecule has 5 nitrogen and oxygen atoms in total. The van der Waals surface area contributed by atoms with Gasteiger partial charge in [0.1, 0.15) is 19.3 Å². The summed E-state index contributed by atoms with van der Waals surface area (Å²) in [6.45, 7) is 4.20. The Balaban J connectivity index is 3.71. The molecule has 0 amide bonds. The first-order valence-electron chi connectivity index (χ1n) is 4.25. The Morgan fingerprint density at radius 2 is 2.21 bits per heavy atom. The van der Waals surface area contributed by atoms with Gasteiger partial charge in [-0.1, -0.05) is 6.58 Å². The average molecular weight is 203 g/mol. The molecule has 0 rings (SSSR count). The van der Waals surface area contributed by atoms with Gasteiger partial charge in [-0.15, -0.1) is 0 Å². The molecule has 1 unspecified atom stereocenters. The highest BCUT2D eigenvalue weighted by Crippen LogP contribution is 1.97. The van der Waals surface area contributed by atoms with E-state index in [2.05, 4.69) is 6.58 Å². The van der Waals surface area contributed by atoms with Crippen LogP contribution in [0.2, 0.25) is 0 Å². The van der Waals surface area contributed by atoms with E-state index in [9.17, 15) is 9.90 Å². The number of carbonyl (C=O) groups is 1. The van der Waals surface area contributed by atoms with Crippen molar-refractivity contribution in [3.8, 4) is 0 Å². The van der Waals surface area contributed by atoms with E-state index in [0.29, 0.717) is 0 Å². The standard InChI is InChI=1S/C9H15O5/c1-7(2)9(12)14-6-8(5-11)13-4-3-10/h8,10H,1,3-6H2,2H3. The molecule has 0 heterocycles. The van der Waals surface area contributed by atoms with Gasteiger partial charge in [0.2, 0.25) is 0 Å². The van der Waals surface area contributed by atoms with Gasteiger partial charge in [0, 0.05) is 5.57 Å². The van der Waals surface area contributed by atoms with E-state index in [4.69, 9.17) is 14.6 Å². The third-order valence-corrected chi connectivity index (χ3v) is 1.38. The first-order chi connectivity index (χ1) is 6.61. The largest absolute Gasteiger partial charge is 0.459 e. The fourth-order valence-electron chi connectivity index (χ4n) is 0.656. The maximum Gasteiger partial charge on any atom is 0.333 e. The molecule has 81 valence electrons. The van der Waals surface area contributed by atoms with Gasteiger partial charge in [0.25, 0.3) is 0 Å². The van der Waals surface area contributed by atoms with Crippen molar-refractivity contribution < 1.29 is 24.5 Å². The molecular weight excluding hydrogens is 188 g/mol. The Kier molecular flexibility index (Phi) is 7.00. The van der Waals surface area contributed by atoms with Gasteiger partial charge >= 0.3 is 5.97 Å². The number of rotatable bonds is 7. The van der Waals surface area contributed by atoms with E-state index in [0.717, 1.165) is 0 Å². The lowest BCUT2D eigenvalue weighted by molar-refractivity contribution is -0.145. The van der Waals surface area contributed by atoms with Crippen LogP contribution in [0, 0.1) is 0 Å². The minimum atomic E-state index is -0.703. The van der Waals surface area contributed by atoms with E-state index in [1.165, 1.54) is 6.92 Å². The van der Waals surface area contributed by atoms with Crippen LogP contribution >= 0.6 is 0 Å². The van der Waals surface area contributed by atoms with Crippen LogP contribution in [0.4, 0.5) is 0 Å². The van der Waals surface area contributed by atoms with Gasteiger partial charge in [-0.3, -0.25) is 0 Å². The number of hydrogen-bond donors (Lipinski definition) is 1. The van der Waals surface area contributed by atoms with Crippen LogP contribution in [0.1, 0.15) is 6.92 Å². The molecule has 1 radical (unpaired) electrons. The van der Waals surface area contributed by atoms with Crippen molar-refractivity contribution >= 4 is 5.97 Å². The average Bonchev–Trinajstić information content (AvgIpc) is 2.17. The minimum absolute atomic E-state index is 0.0670. The number of hydrogen-bond acceptors (Lipinski definition) is 4. The molecule has 0 aromatic rings. The summed E-state index contributed by atoms with van der Waals surface area (Å²) in [5, 5.41) is 18.9. The molecule has 5 heteroatoms. The van der Waals surface area contributed by atoms with Crippen LogP contribution in [0.15, 0.2) is 12.2 Å². The molecule has 0 aromatic heterocycles. The van der Waals surface area contributed by atoms with E-state index in [-0.39, 0.29) is 25.4 Å². The first-order valence-corrected chi connectivity index (χ1v) is 4.25. The zero-order valence-corrected chi connectivity index (χ0v) is 8.19. The van der Waals surface area contributed by atoms with Crippen LogP contribution in [-0.2, 0) is 19.4 Å². The van der Waals surface area contributed by atoms with Crippen molar-refractivity contribution in [3.63, 3.8) is 0 Å². The van der Waals surface area contributed by atoms with E-state index < -0.39 is 18.7 Å². The molecular formula is C9H15O5. The first kappa shape index (κ1) is 13.1. The summed E-state index contributed by atoms with van der Waals surface area (Å²) in [5.41, 5.74) is 0.275. The van der Waals surface area contributed by atoms with E-state index in [1.54, 1.807) is 0 Å². The summed E-state index contributed by atoms with van der Waals surface area (Å²) in [5.74, 6) is -0.545.